The highest BCUT2D eigenvalue weighted by Gasteiger charge is 2.49. The molecule has 0 aliphatic carbocycles. The zero-order valence-corrected chi connectivity index (χ0v) is 16.6. The summed E-state index contributed by atoms with van der Waals surface area (Å²) in [5.74, 6) is 0.310. The van der Waals surface area contributed by atoms with Crippen LogP contribution in [0.5, 0.6) is 0 Å². The molecule has 6 heteroatoms. The van der Waals surface area contributed by atoms with Gasteiger partial charge in [0.2, 0.25) is 5.91 Å². The van der Waals surface area contributed by atoms with Crippen molar-refractivity contribution in [2.75, 3.05) is 19.6 Å². The van der Waals surface area contributed by atoms with Gasteiger partial charge in [0.1, 0.15) is 12.1 Å². The van der Waals surface area contributed by atoms with Gasteiger partial charge in [0.25, 0.3) is 5.91 Å². The lowest BCUT2D eigenvalue weighted by molar-refractivity contribution is -0.139. The molecule has 3 rings (SSSR count). The SMILES string of the molecule is CC(C)c1ccc([C@]2(C)NC(=O)N(CC(=O)N3CCC[C@H](C)C3)C2=O)cc1. The van der Waals surface area contributed by atoms with E-state index in [-0.39, 0.29) is 18.4 Å². The van der Waals surface area contributed by atoms with Crippen molar-refractivity contribution in [1.82, 2.24) is 15.1 Å². The first-order valence-electron chi connectivity index (χ1n) is 9.74. The Balaban J connectivity index is 1.74. The fraction of sp³-hybridized carbons (Fsp3) is 0.571. The largest absolute Gasteiger partial charge is 0.341 e. The number of rotatable bonds is 4. The summed E-state index contributed by atoms with van der Waals surface area (Å²) in [6.45, 7) is 9.21. The van der Waals surface area contributed by atoms with Gasteiger partial charge in [0, 0.05) is 13.1 Å². The standard InChI is InChI=1S/C21H29N3O3/c1-14(2)16-7-9-17(10-8-16)21(4)19(26)24(20(27)22-21)13-18(25)23-11-5-6-15(3)12-23/h7-10,14-15H,5-6,11-13H2,1-4H3,(H,22,27)/t15-,21-/m0/s1. The molecule has 1 aromatic rings. The van der Waals surface area contributed by atoms with Crippen molar-refractivity contribution in [3.8, 4) is 0 Å². The lowest BCUT2D eigenvalue weighted by atomic mass is 9.90. The molecule has 0 spiro atoms. The molecule has 2 aliphatic heterocycles. The lowest BCUT2D eigenvalue weighted by Crippen LogP contribution is -2.47. The van der Waals surface area contributed by atoms with Crippen molar-refractivity contribution in [3.05, 3.63) is 35.4 Å². The zero-order valence-electron chi connectivity index (χ0n) is 16.6. The average Bonchev–Trinajstić information content (AvgIpc) is 2.86. The van der Waals surface area contributed by atoms with Gasteiger partial charge in [-0.05, 0) is 42.7 Å². The van der Waals surface area contributed by atoms with Crippen molar-refractivity contribution < 1.29 is 14.4 Å². The molecular formula is C21H29N3O3. The summed E-state index contributed by atoms with van der Waals surface area (Å²) >= 11 is 0. The van der Waals surface area contributed by atoms with Gasteiger partial charge in [0.15, 0.2) is 0 Å². The van der Waals surface area contributed by atoms with E-state index in [2.05, 4.69) is 26.1 Å². The molecule has 2 fully saturated rings. The highest BCUT2D eigenvalue weighted by atomic mass is 16.2. The Bertz CT molecular complexity index is 744. The average molecular weight is 371 g/mol. The van der Waals surface area contributed by atoms with Gasteiger partial charge in [-0.3, -0.25) is 14.5 Å². The van der Waals surface area contributed by atoms with Crippen molar-refractivity contribution in [2.24, 2.45) is 5.92 Å². The molecule has 6 nitrogen and oxygen atoms in total. The van der Waals surface area contributed by atoms with Crippen LogP contribution in [0.15, 0.2) is 24.3 Å². The van der Waals surface area contributed by atoms with E-state index in [4.69, 9.17) is 0 Å². The highest BCUT2D eigenvalue weighted by Crippen LogP contribution is 2.30. The summed E-state index contributed by atoms with van der Waals surface area (Å²) in [7, 11) is 0. The van der Waals surface area contributed by atoms with Gasteiger partial charge in [-0.2, -0.15) is 0 Å². The highest BCUT2D eigenvalue weighted by molar-refractivity contribution is 6.09. The third kappa shape index (κ3) is 3.70. The van der Waals surface area contributed by atoms with Crippen LogP contribution in [0.3, 0.4) is 0 Å². The van der Waals surface area contributed by atoms with E-state index >= 15 is 0 Å². The molecule has 0 bridgehead atoms. The quantitative estimate of drug-likeness (QED) is 0.828. The Kier molecular flexibility index (Phi) is 5.27. The number of carbonyl (C=O) groups excluding carboxylic acids is 3. The van der Waals surface area contributed by atoms with Crippen LogP contribution >= 0.6 is 0 Å². The minimum absolute atomic E-state index is 0.163. The smallest absolute Gasteiger partial charge is 0.325 e. The number of imide groups is 1. The van der Waals surface area contributed by atoms with Crippen LogP contribution in [0.25, 0.3) is 0 Å². The number of hydrogen-bond donors (Lipinski definition) is 1. The molecule has 146 valence electrons. The van der Waals surface area contributed by atoms with Gasteiger partial charge >= 0.3 is 6.03 Å². The van der Waals surface area contributed by atoms with Crippen molar-refractivity contribution in [1.29, 1.82) is 0 Å². The molecule has 27 heavy (non-hydrogen) atoms. The number of hydrogen-bond acceptors (Lipinski definition) is 3. The summed E-state index contributed by atoms with van der Waals surface area (Å²) in [4.78, 5) is 40.9. The summed E-state index contributed by atoms with van der Waals surface area (Å²) < 4.78 is 0. The second kappa shape index (κ2) is 7.33. The third-order valence-corrected chi connectivity index (χ3v) is 5.73. The molecule has 2 saturated heterocycles. The first kappa shape index (κ1) is 19.4. The first-order valence-corrected chi connectivity index (χ1v) is 9.74. The molecule has 0 saturated carbocycles. The Hall–Kier alpha value is -2.37. The number of nitrogens with one attached hydrogen (secondary N) is 1. The van der Waals surface area contributed by atoms with Crippen LogP contribution < -0.4 is 5.32 Å². The van der Waals surface area contributed by atoms with Crippen molar-refractivity contribution in [2.45, 2.75) is 52.0 Å². The summed E-state index contributed by atoms with van der Waals surface area (Å²) in [5.41, 5.74) is 0.763. The summed E-state index contributed by atoms with van der Waals surface area (Å²) in [6.07, 6.45) is 2.07. The molecule has 0 unspecified atom stereocenters. The summed E-state index contributed by atoms with van der Waals surface area (Å²) in [5, 5.41) is 2.78. The van der Waals surface area contributed by atoms with E-state index in [0.29, 0.717) is 24.9 Å². The minimum atomic E-state index is -1.14. The zero-order chi connectivity index (χ0) is 19.8. The number of nitrogens with zero attached hydrogens (tertiary/aromatic N) is 2. The molecular weight excluding hydrogens is 342 g/mol. The van der Waals surface area contributed by atoms with Crippen LogP contribution in [0.4, 0.5) is 4.79 Å². The normalized spacial score (nSPS) is 25.9. The molecule has 2 aliphatic rings. The van der Waals surface area contributed by atoms with Crippen molar-refractivity contribution in [3.63, 3.8) is 0 Å². The topological polar surface area (TPSA) is 69.7 Å². The van der Waals surface area contributed by atoms with Crippen LogP contribution in [0.2, 0.25) is 0 Å². The molecule has 4 amide bonds. The van der Waals surface area contributed by atoms with E-state index in [1.165, 1.54) is 5.56 Å². The maximum absolute atomic E-state index is 13.0. The Labute approximate surface area is 160 Å². The van der Waals surface area contributed by atoms with Gasteiger partial charge in [0.05, 0.1) is 0 Å². The number of amides is 4. The molecule has 1 N–H and O–H groups in total. The van der Waals surface area contributed by atoms with Crippen LogP contribution in [0.1, 0.15) is 57.6 Å². The van der Waals surface area contributed by atoms with Crippen LogP contribution in [0, 0.1) is 5.92 Å². The van der Waals surface area contributed by atoms with Crippen LogP contribution in [-0.2, 0) is 15.1 Å². The number of carbonyl (C=O) groups is 3. The monoisotopic (exact) mass is 371 g/mol. The second-order valence-electron chi connectivity index (χ2n) is 8.31. The van der Waals surface area contributed by atoms with Gasteiger partial charge in [-0.25, -0.2) is 4.79 Å². The number of piperidine rings is 1. The van der Waals surface area contributed by atoms with Gasteiger partial charge < -0.3 is 10.2 Å². The molecule has 0 radical (unpaired) electrons. The number of benzene rings is 1. The maximum atomic E-state index is 13.0. The lowest BCUT2D eigenvalue weighted by Gasteiger charge is -2.31. The minimum Gasteiger partial charge on any atom is -0.341 e. The van der Waals surface area contributed by atoms with Gasteiger partial charge in [-0.1, -0.05) is 45.0 Å². The van der Waals surface area contributed by atoms with E-state index in [0.717, 1.165) is 23.3 Å². The molecule has 1 aromatic carbocycles. The Morgan fingerprint density at radius 1 is 1.26 bits per heavy atom. The number of likely N-dealkylation sites (tertiary alicyclic amines) is 1. The van der Waals surface area contributed by atoms with Crippen molar-refractivity contribution >= 4 is 17.8 Å². The van der Waals surface area contributed by atoms with E-state index < -0.39 is 11.6 Å². The predicted octanol–water partition coefficient (Wildman–Crippen LogP) is 2.84. The predicted molar refractivity (Wildman–Crippen MR) is 103 cm³/mol. The molecule has 0 aromatic heterocycles. The van der Waals surface area contributed by atoms with Crippen LogP contribution in [-0.4, -0.2) is 47.3 Å². The fourth-order valence-electron chi connectivity index (χ4n) is 3.89. The van der Waals surface area contributed by atoms with E-state index in [1.54, 1.807) is 11.8 Å². The van der Waals surface area contributed by atoms with E-state index in [9.17, 15) is 14.4 Å². The second-order valence-corrected chi connectivity index (χ2v) is 8.31. The first-order chi connectivity index (χ1) is 12.7. The maximum Gasteiger partial charge on any atom is 0.325 e. The molecule has 2 heterocycles. The Morgan fingerprint density at radius 2 is 1.93 bits per heavy atom. The van der Waals surface area contributed by atoms with Gasteiger partial charge in [-0.15, -0.1) is 0 Å². The number of urea groups is 1. The summed E-state index contributed by atoms with van der Waals surface area (Å²) in [6, 6.07) is 7.21. The fourth-order valence-corrected chi connectivity index (χ4v) is 3.89. The van der Waals surface area contributed by atoms with E-state index in [1.807, 2.05) is 24.3 Å². The Morgan fingerprint density at radius 3 is 2.52 bits per heavy atom. The third-order valence-electron chi connectivity index (χ3n) is 5.73. The molecule has 2 atom stereocenters.